The Labute approximate surface area is 120 Å². The molecule has 0 saturated carbocycles. The molecule has 0 aliphatic rings. The van der Waals surface area contributed by atoms with Gasteiger partial charge in [-0.25, -0.2) is 4.39 Å². The lowest BCUT2D eigenvalue weighted by atomic mass is 10.1. The Morgan fingerprint density at radius 1 is 1.10 bits per heavy atom. The Bertz CT molecular complexity index is 760. The van der Waals surface area contributed by atoms with E-state index in [-0.39, 0.29) is 23.7 Å². The van der Waals surface area contributed by atoms with Crippen LogP contribution in [0.2, 0.25) is 0 Å². The summed E-state index contributed by atoms with van der Waals surface area (Å²) in [6.45, 7) is 2.80. The number of pyridine rings is 1. The molecule has 0 spiro atoms. The molecule has 4 nitrogen and oxygen atoms in total. The Hall–Kier alpha value is -2.56. The van der Waals surface area contributed by atoms with Crippen LogP contribution in [-0.2, 0) is 6.54 Å². The average molecular weight is 287 g/mol. The number of aromatic nitrogens is 1. The van der Waals surface area contributed by atoms with Crippen LogP contribution in [0, 0.1) is 12.7 Å². The molecule has 0 atom stereocenters. The van der Waals surface area contributed by atoms with Crippen LogP contribution in [0.15, 0.2) is 41.2 Å². The van der Waals surface area contributed by atoms with Gasteiger partial charge in [0.15, 0.2) is 11.6 Å². The van der Waals surface area contributed by atoms with Crippen LogP contribution in [0.1, 0.15) is 33.3 Å². The van der Waals surface area contributed by atoms with Gasteiger partial charge < -0.3 is 4.57 Å². The SMILES string of the molecule is CC(=O)c1ccc(C)n(CC(=O)c2ccc(F)cc2)c1=O. The first-order valence-electron chi connectivity index (χ1n) is 6.40. The molecular weight excluding hydrogens is 273 g/mol. The number of carbonyl (C=O) groups excluding carboxylic acids is 2. The first-order valence-corrected chi connectivity index (χ1v) is 6.40. The topological polar surface area (TPSA) is 56.1 Å². The fraction of sp³-hybridized carbons (Fsp3) is 0.188. The number of benzene rings is 1. The number of hydrogen-bond donors (Lipinski definition) is 0. The monoisotopic (exact) mass is 287 g/mol. The molecule has 0 amide bonds. The van der Waals surface area contributed by atoms with Crippen molar-refractivity contribution in [2.75, 3.05) is 0 Å². The second-order valence-corrected chi connectivity index (χ2v) is 4.77. The number of Topliss-reactive ketones (excluding diaryl/α,β-unsaturated/α-hetero) is 2. The summed E-state index contributed by atoms with van der Waals surface area (Å²) in [5, 5.41) is 0. The van der Waals surface area contributed by atoms with Crippen molar-refractivity contribution in [2.24, 2.45) is 0 Å². The van der Waals surface area contributed by atoms with Gasteiger partial charge in [0.1, 0.15) is 5.82 Å². The van der Waals surface area contributed by atoms with Crippen molar-refractivity contribution in [3.63, 3.8) is 0 Å². The molecule has 0 saturated heterocycles. The fourth-order valence-corrected chi connectivity index (χ4v) is 2.01. The predicted molar refractivity (Wildman–Crippen MR) is 76.2 cm³/mol. The summed E-state index contributed by atoms with van der Waals surface area (Å²) in [6, 6.07) is 8.19. The lowest BCUT2D eigenvalue weighted by Gasteiger charge is -2.10. The molecule has 0 aliphatic heterocycles. The summed E-state index contributed by atoms with van der Waals surface area (Å²) in [5.74, 6) is -1.10. The summed E-state index contributed by atoms with van der Waals surface area (Å²) in [6.07, 6.45) is 0. The molecule has 0 fully saturated rings. The maximum Gasteiger partial charge on any atom is 0.262 e. The molecule has 1 heterocycles. The highest BCUT2D eigenvalue weighted by atomic mass is 19.1. The van der Waals surface area contributed by atoms with Gasteiger partial charge in [0.25, 0.3) is 5.56 Å². The van der Waals surface area contributed by atoms with Gasteiger partial charge >= 0.3 is 0 Å². The summed E-state index contributed by atoms with van der Waals surface area (Å²) in [4.78, 5) is 35.7. The van der Waals surface area contributed by atoms with Crippen molar-refractivity contribution >= 4 is 11.6 Å². The van der Waals surface area contributed by atoms with Crippen molar-refractivity contribution < 1.29 is 14.0 Å². The predicted octanol–water partition coefficient (Wildman–Crippen LogP) is 2.38. The van der Waals surface area contributed by atoms with E-state index in [1.165, 1.54) is 41.8 Å². The second kappa shape index (κ2) is 5.83. The summed E-state index contributed by atoms with van der Waals surface area (Å²) in [5.41, 5.74) is 0.460. The Kier molecular flexibility index (Phi) is 4.12. The zero-order valence-electron chi connectivity index (χ0n) is 11.7. The van der Waals surface area contributed by atoms with E-state index in [2.05, 4.69) is 0 Å². The minimum absolute atomic E-state index is 0.0486. The standard InChI is InChI=1S/C16H14FNO3/c1-10-3-8-14(11(2)19)16(21)18(10)9-15(20)12-4-6-13(17)7-5-12/h3-8H,9H2,1-2H3. The van der Waals surface area contributed by atoms with Crippen LogP contribution in [-0.4, -0.2) is 16.1 Å². The van der Waals surface area contributed by atoms with Crippen LogP contribution in [0.4, 0.5) is 4.39 Å². The number of halogens is 1. The maximum absolute atomic E-state index is 12.8. The second-order valence-electron chi connectivity index (χ2n) is 4.77. The first kappa shape index (κ1) is 14.8. The highest BCUT2D eigenvalue weighted by Gasteiger charge is 2.14. The van der Waals surface area contributed by atoms with Gasteiger partial charge in [-0.2, -0.15) is 0 Å². The molecule has 2 aromatic rings. The van der Waals surface area contributed by atoms with E-state index in [9.17, 15) is 18.8 Å². The van der Waals surface area contributed by atoms with Gasteiger partial charge in [-0.05, 0) is 50.2 Å². The zero-order valence-corrected chi connectivity index (χ0v) is 11.7. The molecule has 108 valence electrons. The molecule has 0 N–H and O–H groups in total. The van der Waals surface area contributed by atoms with Gasteiger partial charge in [0, 0.05) is 11.3 Å². The maximum atomic E-state index is 12.8. The van der Waals surface area contributed by atoms with Crippen LogP contribution in [0.3, 0.4) is 0 Å². The molecule has 2 rings (SSSR count). The fourth-order valence-electron chi connectivity index (χ4n) is 2.01. The molecular formula is C16H14FNO3. The molecule has 0 radical (unpaired) electrons. The Morgan fingerprint density at radius 3 is 2.29 bits per heavy atom. The molecule has 5 heteroatoms. The molecule has 21 heavy (non-hydrogen) atoms. The molecule has 1 aromatic heterocycles. The molecule has 0 aliphatic carbocycles. The van der Waals surface area contributed by atoms with E-state index in [4.69, 9.17) is 0 Å². The third kappa shape index (κ3) is 3.13. The number of hydrogen-bond acceptors (Lipinski definition) is 3. The van der Waals surface area contributed by atoms with Crippen LogP contribution in [0.5, 0.6) is 0 Å². The highest BCUT2D eigenvalue weighted by Crippen LogP contribution is 2.06. The highest BCUT2D eigenvalue weighted by molar-refractivity contribution is 5.96. The normalized spacial score (nSPS) is 10.4. The van der Waals surface area contributed by atoms with E-state index < -0.39 is 11.4 Å². The van der Waals surface area contributed by atoms with Crippen molar-refractivity contribution in [2.45, 2.75) is 20.4 Å². The molecule has 1 aromatic carbocycles. The van der Waals surface area contributed by atoms with E-state index in [0.29, 0.717) is 11.3 Å². The number of nitrogens with zero attached hydrogens (tertiary/aromatic N) is 1. The minimum Gasteiger partial charge on any atom is -0.305 e. The first-order chi connectivity index (χ1) is 9.90. The number of carbonyl (C=O) groups is 2. The van der Waals surface area contributed by atoms with E-state index in [0.717, 1.165) is 0 Å². The summed E-state index contributed by atoms with van der Waals surface area (Å²) >= 11 is 0. The summed E-state index contributed by atoms with van der Waals surface area (Å²) < 4.78 is 14.1. The third-order valence-electron chi connectivity index (χ3n) is 3.24. The van der Waals surface area contributed by atoms with E-state index in [1.54, 1.807) is 13.0 Å². The third-order valence-corrected chi connectivity index (χ3v) is 3.24. The number of ketones is 2. The van der Waals surface area contributed by atoms with Crippen molar-refractivity contribution in [1.82, 2.24) is 4.57 Å². The quantitative estimate of drug-likeness (QED) is 0.811. The van der Waals surface area contributed by atoms with Crippen molar-refractivity contribution in [3.8, 4) is 0 Å². The minimum atomic E-state index is -0.488. The van der Waals surface area contributed by atoms with Gasteiger partial charge in [-0.1, -0.05) is 0 Å². The van der Waals surface area contributed by atoms with Crippen molar-refractivity contribution in [3.05, 3.63) is 69.4 Å². The zero-order chi connectivity index (χ0) is 15.6. The lowest BCUT2D eigenvalue weighted by molar-refractivity contribution is 0.0964. The molecule has 0 unspecified atom stereocenters. The van der Waals surface area contributed by atoms with Gasteiger partial charge in [-0.15, -0.1) is 0 Å². The van der Waals surface area contributed by atoms with Crippen LogP contribution in [0.25, 0.3) is 0 Å². The Morgan fingerprint density at radius 2 is 1.71 bits per heavy atom. The van der Waals surface area contributed by atoms with Gasteiger partial charge in [0.05, 0.1) is 12.1 Å². The molecule has 0 bridgehead atoms. The number of aryl methyl sites for hydroxylation is 1. The largest absolute Gasteiger partial charge is 0.305 e. The number of rotatable bonds is 4. The van der Waals surface area contributed by atoms with Crippen molar-refractivity contribution in [1.29, 1.82) is 0 Å². The van der Waals surface area contributed by atoms with Crippen LogP contribution < -0.4 is 5.56 Å². The lowest BCUT2D eigenvalue weighted by Crippen LogP contribution is -2.30. The van der Waals surface area contributed by atoms with Gasteiger partial charge in [0.2, 0.25) is 0 Å². The van der Waals surface area contributed by atoms with E-state index in [1.807, 2.05) is 0 Å². The van der Waals surface area contributed by atoms with E-state index >= 15 is 0 Å². The Balaban J connectivity index is 2.37. The summed E-state index contributed by atoms with van der Waals surface area (Å²) in [7, 11) is 0. The van der Waals surface area contributed by atoms with Crippen LogP contribution >= 0.6 is 0 Å². The smallest absolute Gasteiger partial charge is 0.262 e. The van der Waals surface area contributed by atoms with Gasteiger partial charge in [-0.3, -0.25) is 14.4 Å². The average Bonchev–Trinajstić information content (AvgIpc) is 2.43.